The number of benzene rings is 2. The smallest absolute Gasteiger partial charge is 0.308 e. The van der Waals surface area contributed by atoms with Crippen molar-refractivity contribution in [1.82, 2.24) is 10.2 Å². The predicted molar refractivity (Wildman–Crippen MR) is 150 cm³/mol. The van der Waals surface area contributed by atoms with Crippen LogP contribution >= 0.6 is 0 Å². The number of ether oxygens (including phenoxy) is 2. The molecule has 1 aliphatic rings. The van der Waals surface area contributed by atoms with Crippen molar-refractivity contribution in [3.05, 3.63) is 59.7 Å². The summed E-state index contributed by atoms with van der Waals surface area (Å²) in [6.07, 6.45) is 6.21. The number of hydrogen-bond donors (Lipinski definition) is 2. The molecular formula is C31H44N2O5. The molecule has 0 radical (unpaired) electrons. The van der Waals surface area contributed by atoms with Gasteiger partial charge in [-0.1, -0.05) is 57.0 Å². The lowest BCUT2D eigenvalue weighted by Crippen LogP contribution is -2.45. The Kier molecular flexibility index (Phi) is 11.5. The molecule has 3 rings (SSSR count). The van der Waals surface area contributed by atoms with Crippen LogP contribution in [0.25, 0.3) is 0 Å². The van der Waals surface area contributed by atoms with E-state index in [9.17, 15) is 14.7 Å². The van der Waals surface area contributed by atoms with Gasteiger partial charge in [0.15, 0.2) is 0 Å². The van der Waals surface area contributed by atoms with E-state index in [-0.39, 0.29) is 30.5 Å². The molecule has 1 saturated heterocycles. The molecule has 0 aliphatic carbocycles. The Labute approximate surface area is 227 Å². The van der Waals surface area contributed by atoms with E-state index < -0.39 is 11.9 Å². The summed E-state index contributed by atoms with van der Waals surface area (Å²) in [5.74, 6) is -0.0578. The minimum atomic E-state index is -0.814. The van der Waals surface area contributed by atoms with Gasteiger partial charge in [0.05, 0.1) is 26.7 Å². The summed E-state index contributed by atoms with van der Waals surface area (Å²) in [6, 6.07) is 15.5. The SMILES string of the molecule is CCCC(CCC)NC(=O)CN1C[C@H](c2ccc(OC)cc2)[C@@H](C(=O)O)[C@@H]1CCCc1ccccc1OC. The van der Waals surface area contributed by atoms with E-state index in [1.54, 1.807) is 14.2 Å². The molecule has 0 spiro atoms. The van der Waals surface area contributed by atoms with Gasteiger partial charge in [-0.3, -0.25) is 14.5 Å². The number of carboxylic acids is 1. The van der Waals surface area contributed by atoms with Crippen LogP contribution in [0.2, 0.25) is 0 Å². The number of likely N-dealkylation sites (tertiary alicyclic amines) is 1. The van der Waals surface area contributed by atoms with E-state index in [4.69, 9.17) is 9.47 Å². The van der Waals surface area contributed by atoms with Crippen molar-refractivity contribution >= 4 is 11.9 Å². The maximum absolute atomic E-state index is 13.2. The summed E-state index contributed by atoms with van der Waals surface area (Å²) < 4.78 is 10.8. The lowest BCUT2D eigenvalue weighted by molar-refractivity contribution is -0.143. The number of rotatable bonds is 15. The fourth-order valence-electron chi connectivity index (χ4n) is 5.90. The molecule has 2 aromatic carbocycles. The second-order valence-corrected chi connectivity index (χ2v) is 10.3. The predicted octanol–water partition coefficient (Wildman–Crippen LogP) is 5.28. The fraction of sp³-hybridized carbons (Fsp3) is 0.548. The average molecular weight is 525 g/mol. The maximum Gasteiger partial charge on any atom is 0.308 e. The Hall–Kier alpha value is -3.06. The lowest BCUT2D eigenvalue weighted by Gasteiger charge is -2.27. The number of methoxy groups -OCH3 is 2. The first-order valence-corrected chi connectivity index (χ1v) is 13.9. The molecule has 2 N–H and O–H groups in total. The van der Waals surface area contributed by atoms with Crippen molar-refractivity contribution in [2.24, 2.45) is 5.92 Å². The molecule has 3 atom stereocenters. The van der Waals surface area contributed by atoms with Crippen molar-refractivity contribution in [3.63, 3.8) is 0 Å². The van der Waals surface area contributed by atoms with Gasteiger partial charge in [0, 0.05) is 24.5 Å². The Balaban J connectivity index is 1.81. The molecule has 1 aliphatic heterocycles. The van der Waals surface area contributed by atoms with Crippen molar-refractivity contribution in [2.45, 2.75) is 76.8 Å². The highest BCUT2D eigenvalue weighted by atomic mass is 16.5. The summed E-state index contributed by atoms with van der Waals surface area (Å²) in [4.78, 5) is 27.9. The monoisotopic (exact) mass is 524 g/mol. The van der Waals surface area contributed by atoms with Crippen molar-refractivity contribution in [2.75, 3.05) is 27.3 Å². The first kappa shape index (κ1) is 29.5. The van der Waals surface area contributed by atoms with Crippen LogP contribution in [0.1, 0.15) is 69.4 Å². The van der Waals surface area contributed by atoms with Crippen LogP contribution < -0.4 is 14.8 Å². The molecule has 0 saturated carbocycles. The summed E-state index contributed by atoms with van der Waals surface area (Å²) in [5, 5.41) is 13.6. The Morgan fingerprint density at radius 1 is 1.03 bits per heavy atom. The highest BCUT2D eigenvalue weighted by molar-refractivity contribution is 5.79. The van der Waals surface area contributed by atoms with Gasteiger partial charge >= 0.3 is 5.97 Å². The normalized spacial score (nSPS) is 19.4. The maximum atomic E-state index is 13.2. The van der Waals surface area contributed by atoms with Crippen LogP contribution in [-0.4, -0.2) is 61.3 Å². The number of amides is 1. The Morgan fingerprint density at radius 2 is 1.71 bits per heavy atom. The van der Waals surface area contributed by atoms with E-state index in [1.165, 1.54) is 0 Å². The number of carbonyl (C=O) groups is 2. The largest absolute Gasteiger partial charge is 0.497 e. The molecule has 38 heavy (non-hydrogen) atoms. The summed E-state index contributed by atoms with van der Waals surface area (Å²) in [7, 11) is 3.29. The number of hydrogen-bond acceptors (Lipinski definition) is 5. The number of aryl methyl sites for hydroxylation is 1. The number of nitrogens with one attached hydrogen (secondary N) is 1. The second kappa shape index (κ2) is 14.8. The topological polar surface area (TPSA) is 88.1 Å². The van der Waals surface area contributed by atoms with E-state index in [0.717, 1.165) is 61.2 Å². The molecule has 7 heteroatoms. The molecule has 1 amide bonds. The van der Waals surface area contributed by atoms with Gasteiger partial charge in [-0.05, 0) is 61.4 Å². The molecule has 1 heterocycles. The third-order valence-electron chi connectivity index (χ3n) is 7.70. The lowest BCUT2D eigenvalue weighted by atomic mass is 9.83. The Bertz CT molecular complexity index is 1020. The molecule has 208 valence electrons. The zero-order valence-electron chi connectivity index (χ0n) is 23.3. The third-order valence-corrected chi connectivity index (χ3v) is 7.70. The van der Waals surface area contributed by atoms with Crippen LogP contribution in [0.4, 0.5) is 0 Å². The van der Waals surface area contributed by atoms with Gasteiger partial charge < -0.3 is 19.9 Å². The van der Waals surface area contributed by atoms with E-state index in [2.05, 4.69) is 30.1 Å². The molecule has 2 aromatic rings. The van der Waals surface area contributed by atoms with Crippen LogP contribution in [0.5, 0.6) is 11.5 Å². The van der Waals surface area contributed by atoms with Gasteiger partial charge in [-0.25, -0.2) is 0 Å². The molecule has 0 aromatic heterocycles. The van der Waals surface area contributed by atoms with Crippen LogP contribution in [0, 0.1) is 5.92 Å². The second-order valence-electron chi connectivity index (χ2n) is 10.3. The summed E-state index contributed by atoms with van der Waals surface area (Å²) in [6.45, 7) is 5.00. The standard InChI is InChI=1S/C31H44N2O5/c1-5-10-24(11-6-2)32-29(34)21-33-20-26(22-16-18-25(37-3)19-17-22)30(31(35)36)27(33)14-9-13-23-12-7-8-15-28(23)38-4/h7-8,12,15-19,24,26-27,30H,5-6,9-11,13-14,20-21H2,1-4H3,(H,32,34)(H,35,36)/t26-,27+,30-/m1/s1. The number of para-hydroxylation sites is 1. The van der Waals surface area contributed by atoms with Crippen LogP contribution in [0.15, 0.2) is 48.5 Å². The highest BCUT2D eigenvalue weighted by Gasteiger charge is 2.46. The van der Waals surface area contributed by atoms with Crippen molar-refractivity contribution < 1.29 is 24.2 Å². The van der Waals surface area contributed by atoms with E-state index in [0.29, 0.717) is 13.0 Å². The number of carboxylic acid groups (broad SMARTS) is 1. The zero-order chi connectivity index (χ0) is 27.5. The van der Waals surface area contributed by atoms with E-state index in [1.807, 2.05) is 42.5 Å². The van der Waals surface area contributed by atoms with Gasteiger partial charge in [0.1, 0.15) is 11.5 Å². The number of aliphatic carboxylic acids is 1. The first-order chi connectivity index (χ1) is 18.4. The van der Waals surface area contributed by atoms with Crippen molar-refractivity contribution in [3.8, 4) is 11.5 Å². The molecular weight excluding hydrogens is 480 g/mol. The molecule has 7 nitrogen and oxygen atoms in total. The van der Waals surface area contributed by atoms with Gasteiger partial charge in [-0.15, -0.1) is 0 Å². The number of nitrogens with zero attached hydrogens (tertiary/aromatic N) is 1. The van der Waals surface area contributed by atoms with E-state index >= 15 is 0 Å². The van der Waals surface area contributed by atoms with Gasteiger partial charge in [0.25, 0.3) is 0 Å². The molecule has 0 bridgehead atoms. The quantitative estimate of drug-likeness (QED) is 0.330. The fourth-order valence-corrected chi connectivity index (χ4v) is 5.90. The first-order valence-electron chi connectivity index (χ1n) is 13.9. The van der Waals surface area contributed by atoms with Gasteiger partial charge in [-0.2, -0.15) is 0 Å². The van der Waals surface area contributed by atoms with Gasteiger partial charge in [0.2, 0.25) is 5.91 Å². The van der Waals surface area contributed by atoms with Crippen LogP contribution in [-0.2, 0) is 16.0 Å². The average Bonchev–Trinajstić information content (AvgIpc) is 3.27. The van der Waals surface area contributed by atoms with Crippen molar-refractivity contribution in [1.29, 1.82) is 0 Å². The minimum absolute atomic E-state index is 0.0221. The summed E-state index contributed by atoms with van der Waals surface area (Å²) in [5.41, 5.74) is 2.07. The molecule has 0 unspecified atom stereocenters. The highest BCUT2D eigenvalue weighted by Crippen LogP contribution is 2.40. The minimum Gasteiger partial charge on any atom is -0.497 e. The summed E-state index contributed by atoms with van der Waals surface area (Å²) >= 11 is 0. The molecule has 1 fully saturated rings. The number of carbonyl (C=O) groups excluding carboxylic acids is 1. The third kappa shape index (κ3) is 7.73. The van der Waals surface area contributed by atoms with Crippen LogP contribution in [0.3, 0.4) is 0 Å². The Morgan fingerprint density at radius 3 is 2.32 bits per heavy atom. The zero-order valence-corrected chi connectivity index (χ0v) is 23.3.